The molecule has 1 aromatic heterocycles. The molecule has 0 unspecified atom stereocenters. The molecule has 2 saturated heterocycles. The predicted octanol–water partition coefficient (Wildman–Crippen LogP) is 0.845. The monoisotopic (exact) mass is 406 g/mol. The molecule has 0 radical (unpaired) electrons. The second kappa shape index (κ2) is 7.46. The van der Waals surface area contributed by atoms with Crippen LogP contribution in [0.5, 0.6) is 0 Å². The van der Waals surface area contributed by atoms with Gasteiger partial charge in [-0.3, -0.25) is 14.5 Å². The number of nitrogens with zero attached hydrogens (tertiary/aromatic N) is 2. The van der Waals surface area contributed by atoms with Crippen LogP contribution < -0.4 is 19.7 Å². The normalized spacial score (nSPS) is 21.2. The van der Waals surface area contributed by atoms with Gasteiger partial charge < -0.3 is 4.90 Å². The summed E-state index contributed by atoms with van der Waals surface area (Å²) >= 11 is 12.0. The predicted molar refractivity (Wildman–Crippen MR) is 103 cm³/mol. The lowest BCUT2D eigenvalue weighted by molar-refractivity contribution is -0.915. The van der Waals surface area contributed by atoms with Gasteiger partial charge in [0.1, 0.15) is 26.2 Å². The molecular formula is C19H20Cl2N4O2+2. The molecule has 0 saturated carbocycles. The van der Waals surface area contributed by atoms with E-state index in [4.69, 9.17) is 23.2 Å². The third-order valence-corrected chi connectivity index (χ3v) is 5.98. The molecule has 2 aliphatic rings. The van der Waals surface area contributed by atoms with Crippen LogP contribution in [0.25, 0.3) is 0 Å². The second-order valence-electron chi connectivity index (χ2n) is 6.82. The molecule has 1 aromatic carbocycles. The van der Waals surface area contributed by atoms with E-state index >= 15 is 0 Å². The Labute approximate surface area is 167 Å². The first-order chi connectivity index (χ1) is 13.0. The number of quaternary nitrogens is 1. The second-order valence-corrected chi connectivity index (χ2v) is 7.63. The molecule has 0 spiro atoms. The van der Waals surface area contributed by atoms with Crippen molar-refractivity contribution in [2.24, 2.45) is 0 Å². The number of anilines is 2. The van der Waals surface area contributed by atoms with Crippen LogP contribution in [0.3, 0.4) is 0 Å². The van der Waals surface area contributed by atoms with Crippen molar-refractivity contribution in [1.29, 1.82) is 0 Å². The number of nitrogens with one attached hydrogen (secondary N) is 2. The summed E-state index contributed by atoms with van der Waals surface area (Å²) in [5.41, 5.74) is 0.485. The lowest BCUT2D eigenvalue weighted by Crippen LogP contribution is -3.19. The van der Waals surface area contributed by atoms with E-state index in [0.717, 1.165) is 36.9 Å². The van der Waals surface area contributed by atoms with Gasteiger partial charge in [0, 0.05) is 6.07 Å². The Morgan fingerprint density at radius 2 is 1.81 bits per heavy atom. The third kappa shape index (κ3) is 3.52. The molecule has 4 rings (SSSR count). The van der Waals surface area contributed by atoms with Gasteiger partial charge in [-0.1, -0.05) is 29.3 Å². The highest BCUT2D eigenvalue weighted by molar-refractivity contribution is 6.42. The van der Waals surface area contributed by atoms with Crippen LogP contribution in [0.1, 0.15) is 6.42 Å². The summed E-state index contributed by atoms with van der Waals surface area (Å²) < 4.78 is 0. The molecule has 140 valence electrons. The van der Waals surface area contributed by atoms with Crippen molar-refractivity contribution in [3.05, 3.63) is 52.6 Å². The van der Waals surface area contributed by atoms with E-state index in [2.05, 4.69) is 9.88 Å². The molecule has 2 amide bonds. The van der Waals surface area contributed by atoms with Gasteiger partial charge in [-0.25, -0.2) is 9.88 Å². The van der Waals surface area contributed by atoms with E-state index in [0.29, 0.717) is 15.7 Å². The fourth-order valence-corrected chi connectivity index (χ4v) is 4.10. The van der Waals surface area contributed by atoms with Crippen LogP contribution in [0.2, 0.25) is 10.0 Å². The molecule has 2 fully saturated rings. The molecule has 0 bridgehead atoms. The lowest BCUT2D eigenvalue weighted by Gasteiger charge is -2.31. The minimum atomic E-state index is -0.339. The smallest absolute Gasteiger partial charge is 0.292 e. The number of H-pyrrole nitrogens is 1. The Hall–Kier alpha value is -2.15. The number of carbonyl (C=O) groups excluding carboxylic acids is 2. The van der Waals surface area contributed by atoms with E-state index in [1.54, 1.807) is 18.2 Å². The average molecular weight is 407 g/mol. The van der Waals surface area contributed by atoms with Gasteiger partial charge in [-0.2, -0.15) is 0 Å². The van der Waals surface area contributed by atoms with Crippen molar-refractivity contribution in [2.45, 2.75) is 12.5 Å². The third-order valence-electron chi connectivity index (χ3n) is 5.24. The largest absolute Gasteiger partial charge is 0.318 e. The summed E-state index contributed by atoms with van der Waals surface area (Å²) in [6.07, 6.45) is 2.13. The Morgan fingerprint density at radius 3 is 2.48 bits per heavy atom. The number of rotatable bonds is 3. The summed E-state index contributed by atoms with van der Waals surface area (Å²) in [5.74, 6) is 0.727. The van der Waals surface area contributed by atoms with E-state index in [1.807, 2.05) is 24.4 Å². The Bertz CT molecular complexity index is 869. The number of imide groups is 1. The zero-order valence-corrected chi connectivity index (χ0v) is 16.1. The van der Waals surface area contributed by atoms with Crippen molar-refractivity contribution in [2.75, 3.05) is 36.0 Å². The minimum absolute atomic E-state index is 0.159. The lowest BCUT2D eigenvalue weighted by atomic mass is 10.1. The van der Waals surface area contributed by atoms with Crippen LogP contribution in [0, 0.1) is 0 Å². The zero-order chi connectivity index (χ0) is 19.0. The Kier molecular flexibility index (Phi) is 5.04. The number of aromatic amines is 1. The van der Waals surface area contributed by atoms with Crippen molar-refractivity contribution < 1.29 is 19.5 Å². The molecule has 1 atom stereocenters. The van der Waals surface area contributed by atoms with Crippen LogP contribution in [0.15, 0.2) is 42.6 Å². The fourth-order valence-electron chi connectivity index (χ4n) is 3.81. The summed E-state index contributed by atoms with van der Waals surface area (Å²) in [4.78, 5) is 33.4. The van der Waals surface area contributed by atoms with E-state index in [1.165, 1.54) is 4.90 Å². The topological polar surface area (TPSA) is 59.2 Å². The zero-order valence-electron chi connectivity index (χ0n) is 14.6. The highest BCUT2D eigenvalue weighted by Gasteiger charge is 2.47. The number of hydrogen-bond donors (Lipinski definition) is 1. The molecular weight excluding hydrogens is 387 g/mol. The first kappa shape index (κ1) is 18.2. The summed E-state index contributed by atoms with van der Waals surface area (Å²) in [5, 5.41) is 0.730. The molecule has 2 aliphatic heterocycles. The number of halogens is 2. The fraction of sp³-hybridized carbons (Fsp3) is 0.316. The number of hydrogen-bond acceptors (Lipinski definition) is 3. The van der Waals surface area contributed by atoms with Crippen LogP contribution in [-0.2, 0) is 9.59 Å². The Balaban J connectivity index is 1.45. The molecule has 2 N–H and O–H groups in total. The van der Waals surface area contributed by atoms with Crippen LogP contribution in [0.4, 0.5) is 11.5 Å². The summed E-state index contributed by atoms with van der Waals surface area (Å²) in [6, 6.07) is 10.5. The van der Waals surface area contributed by atoms with E-state index in [9.17, 15) is 9.59 Å². The number of benzene rings is 1. The molecule has 0 aliphatic carbocycles. The number of aromatic nitrogens is 1. The SMILES string of the molecule is O=C1C[C@H]([NH+]2CCN(c3cccc[nH+]3)CC2)C(=O)N1c1ccc(Cl)c(Cl)c1. The van der Waals surface area contributed by atoms with Crippen LogP contribution >= 0.6 is 23.2 Å². The van der Waals surface area contributed by atoms with Gasteiger partial charge in [-0.15, -0.1) is 0 Å². The molecule has 8 heteroatoms. The van der Waals surface area contributed by atoms with Crippen molar-refractivity contribution >= 4 is 46.5 Å². The number of amides is 2. The number of pyridine rings is 1. The minimum Gasteiger partial charge on any atom is -0.318 e. The summed E-state index contributed by atoms with van der Waals surface area (Å²) in [6.45, 7) is 3.28. The average Bonchev–Trinajstić information content (AvgIpc) is 2.99. The van der Waals surface area contributed by atoms with Gasteiger partial charge in [0.15, 0.2) is 6.04 Å². The first-order valence-corrected chi connectivity index (χ1v) is 9.68. The highest BCUT2D eigenvalue weighted by Crippen LogP contribution is 2.29. The standard InChI is InChI=1S/C19H18Cl2N4O2/c20-14-5-4-13(11-15(14)21)25-18(26)12-16(19(25)27)23-7-9-24(10-8-23)17-3-1-2-6-22-17/h1-6,11,16H,7-10,12H2/p+2/t16-/m0/s1. The first-order valence-electron chi connectivity index (χ1n) is 8.92. The quantitative estimate of drug-likeness (QED) is 0.768. The Morgan fingerprint density at radius 1 is 1.04 bits per heavy atom. The van der Waals surface area contributed by atoms with Gasteiger partial charge >= 0.3 is 0 Å². The van der Waals surface area contributed by atoms with Crippen molar-refractivity contribution in [1.82, 2.24) is 0 Å². The molecule has 3 heterocycles. The molecule has 2 aromatic rings. The highest BCUT2D eigenvalue weighted by atomic mass is 35.5. The van der Waals surface area contributed by atoms with Crippen molar-refractivity contribution in [3.8, 4) is 0 Å². The van der Waals surface area contributed by atoms with Crippen molar-refractivity contribution in [3.63, 3.8) is 0 Å². The van der Waals surface area contributed by atoms with Gasteiger partial charge in [0.05, 0.1) is 28.4 Å². The van der Waals surface area contributed by atoms with Gasteiger partial charge in [-0.05, 0) is 24.3 Å². The maximum atomic E-state index is 13.0. The number of piperazine rings is 1. The maximum Gasteiger partial charge on any atom is 0.292 e. The molecule has 6 nitrogen and oxygen atoms in total. The van der Waals surface area contributed by atoms with Crippen LogP contribution in [-0.4, -0.2) is 44.0 Å². The van der Waals surface area contributed by atoms with E-state index in [-0.39, 0.29) is 24.3 Å². The maximum absolute atomic E-state index is 13.0. The van der Waals surface area contributed by atoms with E-state index < -0.39 is 0 Å². The van der Waals surface area contributed by atoms with Gasteiger partial charge in [0.2, 0.25) is 5.91 Å². The molecule has 27 heavy (non-hydrogen) atoms. The summed E-state index contributed by atoms with van der Waals surface area (Å²) in [7, 11) is 0. The van der Waals surface area contributed by atoms with Gasteiger partial charge in [0.25, 0.3) is 11.7 Å². The number of carbonyl (C=O) groups is 2.